The second kappa shape index (κ2) is 5.79. The smallest absolute Gasteiger partial charge is 0.236 e. The van der Waals surface area contributed by atoms with Gasteiger partial charge in [-0.3, -0.25) is 4.79 Å². The fourth-order valence-corrected chi connectivity index (χ4v) is 1.72. The van der Waals surface area contributed by atoms with Crippen LogP contribution in [0, 0.1) is 6.92 Å². The van der Waals surface area contributed by atoms with Crippen LogP contribution in [0.1, 0.15) is 11.5 Å². The van der Waals surface area contributed by atoms with Gasteiger partial charge in [-0.1, -0.05) is 5.16 Å². The Kier molecular flexibility index (Phi) is 4.11. The molecule has 6 nitrogen and oxygen atoms in total. The highest BCUT2D eigenvalue weighted by Gasteiger charge is 2.16. The molecule has 1 aromatic heterocycles. The molecule has 1 saturated heterocycles. The zero-order valence-electron chi connectivity index (χ0n) is 9.94. The summed E-state index contributed by atoms with van der Waals surface area (Å²) in [4.78, 5) is 13.6. The van der Waals surface area contributed by atoms with Crippen molar-refractivity contribution in [3.05, 3.63) is 17.5 Å². The normalized spacial score (nSPS) is 16.2. The fourth-order valence-electron chi connectivity index (χ4n) is 1.72. The molecule has 1 amide bonds. The molecule has 1 aliphatic heterocycles. The highest BCUT2D eigenvalue weighted by Crippen LogP contribution is 2.01. The fraction of sp³-hybridized carbons (Fsp3) is 0.636. The van der Waals surface area contributed by atoms with Gasteiger partial charge < -0.3 is 19.5 Å². The van der Waals surface area contributed by atoms with Crippen molar-refractivity contribution in [2.45, 2.75) is 13.5 Å². The van der Waals surface area contributed by atoms with E-state index in [4.69, 9.17) is 9.26 Å². The van der Waals surface area contributed by atoms with E-state index >= 15 is 0 Å². The summed E-state index contributed by atoms with van der Waals surface area (Å²) in [7, 11) is 0. The number of nitrogens with one attached hydrogen (secondary N) is 1. The SMILES string of the molecule is Cc1cc(CNCC(=O)N2CCOCC2)no1. The highest BCUT2D eigenvalue weighted by atomic mass is 16.5. The molecular formula is C11H17N3O3. The van der Waals surface area contributed by atoms with Gasteiger partial charge in [-0.25, -0.2) is 0 Å². The van der Waals surface area contributed by atoms with Crippen molar-refractivity contribution in [2.24, 2.45) is 0 Å². The number of hydrogen-bond acceptors (Lipinski definition) is 5. The lowest BCUT2D eigenvalue weighted by Gasteiger charge is -2.26. The number of ether oxygens (including phenoxy) is 1. The van der Waals surface area contributed by atoms with Crippen molar-refractivity contribution in [3.63, 3.8) is 0 Å². The van der Waals surface area contributed by atoms with E-state index in [2.05, 4.69) is 10.5 Å². The van der Waals surface area contributed by atoms with Crippen LogP contribution in [0.5, 0.6) is 0 Å². The highest BCUT2D eigenvalue weighted by molar-refractivity contribution is 5.78. The van der Waals surface area contributed by atoms with Crippen LogP contribution in [0.3, 0.4) is 0 Å². The van der Waals surface area contributed by atoms with Gasteiger partial charge in [0.25, 0.3) is 0 Å². The maximum Gasteiger partial charge on any atom is 0.236 e. The first-order valence-electron chi connectivity index (χ1n) is 5.74. The second-order valence-electron chi connectivity index (χ2n) is 4.03. The molecule has 17 heavy (non-hydrogen) atoms. The van der Waals surface area contributed by atoms with Gasteiger partial charge in [-0.15, -0.1) is 0 Å². The molecular weight excluding hydrogens is 222 g/mol. The Bertz CT molecular complexity index is 372. The van der Waals surface area contributed by atoms with Gasteiger partial charge in [0.1, 0.15) is 5.76 Å². The molecule has 0 aliphatic carbocycles. The molecule has 2 heterocycles. The summed E-state index contributed by atoms with van der Waals surface area (Å²) >= 11 is 0. The van der Waals surface area contributed by atoms with E-state index < -0.39 is 0 Å². The first kappa shape index (κ1) is 12.1. The molecule has 1 fully saturated rings. The molecule has 1 N–H and O–H groups in total. The minimum Gasteiger partial charge on any atom is -0.378 e. The molecule has 2 rings (SSSR count). The van der Waals surface area contributed by atoms with Gasteiger partial charge in [0.05, 0.1) is 25.5 Å². The van der Waals surface area contributed by atoms with Crippen LogP contribution in [0.15, 0.2) is 10.6 Å². The Balaban J connectivity index is 1.69. The van der Waals surface area contributed by atoms with E-state index in [1.165, 1.54) is 0 Å². The molecule has 1 aromatic rings. The number of hydrogen-bond donors (Lipinski definition) is 1. The molecule has 0 saturated carbocycles. The zero-order valence-corrected chi connectivity index (χ0v) is 9.94. The largest absolute Gasteiger partial charge is 0.378 e. The van der Waals surface area contributed by atoms with Crippen LogP contribution < -0.4 is 5.32 Å². The number of carbonyl (C=O) groups is 1. The minimum absolute atomic E-state index is 0.105. The lowest BCUT2D eigenvalue weighted by molar-refractivity contribution is -0.134. The number of aryl methyl sites for hydroxylation is 1. The van der Waals surface area contributed by atoms with Crippen molar-refractivity contribution in [1.29, 1.82) is 0 Å². The topological polar surface area (TPSA) is 67.6 Å². The summed E-state index contributed by atoms with van der Waals surface area (Å²) in [6.45, 7) is 5.35. The van der Waals surface area contributed by atoms with E-state index in [0.29, 0.717) is 39.4 Å². The van der Waals surface area contributed by atoms with Crippen LogP contribution in [-0.4, -0.2) is 48.8 Å². The van der Waals surface area contributed by atoms with Gasteiger partial charge in [0.15, 0.2) is 0 Å². The van der Waals surface area contributed by atoms with Crippen LogP contribution in [0.4, 0.5) is 0 Å². The van der Waals surface area contributed by atoms with Gasteiger partial charge in [-0.05, 0) is 6.92 Å². The Morgan fingerprint density at radius 2 is 2.29 bits per heavy atom. The predicted octanol–water partition coefficient (Wildman–Crippen LogP) is -0.0686. The lowest BCUT2D eigenvalue weighted by atomic mass is 10.3. The zero-order chi connectivity index (χ0) is 12.1. The third-order valence-corrected chi connectivity index (χ3v) is 2.62. The minimum atomic E-state index is 0.105. The standard InChI is InChI=1S/C11H17N3O3/c1-9-6-10(13-17-9)7-12-8-11(15)14-2-4-16-5-3-14/h6,12H,2-5,7-8H2,1H3. The van der Waals surface area contributed by atoms with Gasteiger partial charge in [0.2, 0.25) is 5.91 Å². The summed E-state index contributed by atoms with van der Waals surface area (Å²) in [5.74, 6) is 0.884. The number of rotatable bonds is 4. The summed E-state index contributed by atoms with van der Waals surface area (Å²) in [6.07, 6.45) is 0. The number of morpholine rings is 1. The molecule has 0 aromatic carbocycles. The number of aromatic nitrogens is 1. The van der Waals surface area contributed by atoms with Crippen molar-refractivity contribution >= 4 is 5.91 Å². The Morgan fingerprint density at radius 3 is 2.94 bits per heavy atom. The predicted molar refractivity (Wildman–Crippen MR) is 60.3 cm³/mol. The molecule has 0 atom stereocenters. The van der Waals surface area contributed by atoms with Crippen LogP contribution in [0.25, 0.3) is 0 Å². The summed E-state index contributed by atoms with van der Waals surface area (Å²) in [5, 5.41) is 6.90. The summed E-state index contributed by atoms with van der Waals surface area (Å²) < 4.78 is 10.1. The molecule has 1 aliphatic rings. The molecule has 94 valence electrons. The van der Waals surface area contributed by atoms with E-state index in [1.54, 1.807) is 0 Å². The van der Waals surface area contributed by atoms with Crippen molar-refractivity contribution < 1.29 is 14.1 Å². The average molecular weight is 239 g/mol. The maximum absolute atomic E-state index is 11.8. The van der Waals surface area contributed by atoms with Crippen molar-refractivity contribution in [1.82, 2.24) is 15.4 Å². The summed E-state index contributed by atoms with van der Waals surface area (Å²) in [5.41, 5.74) is 0.817. The lowest BCUT2D eigenvalue weighted by Crippen LogP contribution is -2.44. The molecule has 0 spiro atoms. The third kappa shape index (κ3) is 3.54. The quantitative estimate of drug-likeness (QED) is 0.796. The third-order valence-electron chi connectivity index (χ3n) is 2.62. The van der Waals surface area contributed by atoms with Crippen molar-refractivity contribution in [2.75, 3.05) is 32.8 Å². The van der Waals surface area contributed by atoms with Gasteiger partial charge in [0, 0.05) is 25.7 Å². The maximum atomic E-state index is 11.8. The molecule has 6 heteroatoms. The second-order valence-corrected chi connectivity index (χ2v) is 4.03. The first-order chi connectivity index (χ1) is 8.25. The summed E-state index contributed by atoms with van der Waals surface area (Å²) in [6, 6.07) is 1.85. The van der Waals surface area contributed by atoms with E-state index in [-0.39, 0.29) is 5.91 Å². The Morgan fingerprint density at radius 1 is 1.53 bits per heavy atom. The average Bonchev–Trinajstić information content (AvgIpc) is 2.76. The monoisotopic (exact) mass is 239 g/mol. The van der Waals surface area contributed by atoms with Crippen LogP contribution >= 0.6 is 0 Å². The Hall–Kier alpha value is -1.40. The van der Waals surface area contributed by atoms with Gasteiger partial charge >= 0.3 is 0 Å². The number of amides is 1. The van der Waals surface area contributed by atoms with Crippen LogP contribution in [0.2, 0.25) is 0 Å². The van der Waals surface area contributed by atoms with Gasteiger partial charge in [-0.2, -0.15) is 0 Å². The van der Waals surface area contributed by atoms with E-state index in [0.717, 1.165) is 11.5 Å². The molecule has 0 radical (unpaired) electrons. The first-order valence-corrected chi connectivity index (χ1v) is 5.74. The number of carbonyl (C=O) groups excluding carboxylic acids is 1. The van der Waals surface area contributed by atoms with Crippen LogP contribution in [-0.2, 0) is 16.1 Å². The Labute approximate surface area is 99.9 Å². The van der Waals surface area contributed by atoms with E-state index in [9.17, 15) is 4.79 Å². The van der Waals surface area contributed by atoms with Crippen molar-refractivity contribution in [3.8, 4) is 0 Å². The van der Waals surface area contributed by atoms with E-state index in [1.807, 2.05) is 17.9 Å². The number of nitrogens with zero attached hydrogens (tertiary/aromatic N) is 2. The molecule has 0 unspecified atom stereocenters. The molecule has 0 bridgehead atoms.